The predicted molar refractivity (Wildman–Crippen MR) is 72.3 cm³/mol. The molecule has 8 heteroatoms. The molecule has 1 aromatic rings. The average Bonchev–Trinajstić information content (AvgIpc) is 2.32. The molecule has 0 aliphatic rings. The van der Waals surface area contributed by atoms with Gasteiger partial charge in [-0.05, 0) is 18.5 Å². The normalized spacial score (nSPS) is 11.4. The Kier molecular flexibility index (Phi) is 5.87. The van der Waals surface area contributed by atoms with Crippen LogP contribution in [0.2, 0.25) is 0 Å². The first-order valence-electron chi connectivity index (χ1n) is 5.77. The Morgan fingerprint density at radius 1 is 1.32 bits per heavy atom. The number of sulfonamides is 1. The molecule has 0 saturated carbocycles. The number of nitrogens with one attached hydrogen (secondary N) is 2. The molecule has 2 N–H and O–H groups in total. The number of rotatable bonds is 8. The fourth-order valence-electron chi connectivity index (χ4n) is 1.48. The van der Waals surface area contributed by atoms with Crippen LogP contribution in [0.1, 0.15) is 12.0 Å². The van der Waals surface area contributed by atoms with Gasteiger partial charge in [-0.1, -0.05) is 12.1 Å². The van der Waals surface area contributed by atoms with Gasteiger partial charge in [-0.3, -0.25) is 10.1 Å². The lowest BCUT2D eigenvalue weighted by Gasteiger charge is -2.05. The van der Waals surface area contributed by atoms with Crippen LogP contribution >= 0.6 is 0 Å². The van der Waals surface area contributed by atoms with E-state index in [2.05, 4.69) is 10.0 Å². The van der Waals surface area contributed by atoms with Crippen LogP contribution in [0.15, 0.2) is 24.3 Å². The Balaban J connectivity index is 2.26. The van der Waals surface area contributed by atoms with E-state index in [1.165, 1.54) is 12.1 Å². The molecule has 1 rings (SSSR count). The summed E-state index contributed by atoms with van der Waals surface area (Å²) in [4.78, 5) is 10.2. The summed E-state index contributed by atoms with van der Waals surface area (Å²) in [7, 11) is -3.13. The van der Waals surface area contributed by atoms with Crippen molar-refractivity contribution in [1.82, 2.24) is 10.0 Å². The molecule has 19 heavy (non-hydrogen) atoms. The maximum atomic E-state index is 10.8. The first-order valence-corrected chi connectivity index (χ1v) is 7.66. The number of nitrogens with zero attached hydrogens (tertiary/aromatic N) is 1. The number of nitro groups is 1. The lowest BCUT2D eigenvalue weighted by atomic mass is 10.2. The summed E-state index contributed by atoms with van der Waals surface area (Å²) in [5, 5.41) is 13.7. The molecule has 0 saturated heterocycles. The van der Waals surface area contributed by atoms with Gasteiger partial charge in [0.1, 0.15) is 0 Å². The van der Waals surface area contributed by atoms with Crippen LogP contribution in [-0.4, -0.2) is 32.7 Å². The highest BCUT2D eigenvalue weighted by molar-refractivity contribution is 7.88. The van der Waals surface area contributed by atoms with E-state index in [0.29, 0.717) is 26.1 Å². The second-order valence-corrected chi connectivity index (χ2v) is 5.96. The second kappa shape index (κ2) is 7.17. The fraction of sp³-hybridized carbons (Fsp3) is 0.455. The van der Waals surface area contributed by atoms with Gasteiger partial charge in [-0.25, -0.2) is 13.1 Å². The second-order valence-electron chi connectivity index (χ2n) is 4.12. The summed E-state index contributed by atoms with van der Waals surface area (Å²) >= 11 is 0. The van der Waals surface area contributed by atoms with Gasteiger partial charge in [0.2, 0.25) is 10.0 Å². The zero-order chi connectivity index (χ0) is 14.3. The lowest BCUT2D eigenvalue weighted by molar-refractivity contribution is -0.384. The van der Waals surface area contributed by atoms with Gasteiger partial charge in [0.05, 0.1) is 11.2 Å². The van der Waals surface area contributed by atoms with Gasteiger partial charge in [-0.2, -0.15) is 0 Å². The number of benzene rings is 1. The highest BCUT2D eigenvalue weighted by atomic mass is 32.2. The van der Waals surface area contributed by atoms with E-state index in [-0.39, 0.29) is 5.69 Å². The Morgan fingerprint density at radius 3 is 2.68 bits per heavy atom. The molecule has 7 nitrogen and oxygen atoms in total. The van der Waals surface area contributed by atoms with E-state index in [1.807, 2.05) is 0 Å². The number of hydrogen-bond acceptors (Lipinski definition) is 5. The molecule has 0 fully saturated rings. The number of non-ortho nitro benzene ring substituents is 1. The van der Waals surface area contributed by atoms with Gasteiger partial charge in [-0.15, -0.1) is 0 Å². The topological polar surface area (TPSA) is 101 Å². The number of nitro benzene ring substituents is 1. The molecular weight excluding hydrogens is 270 g/mol. The van der Waals surface area contributed by atoms with E-state index < -0.39 is 14.9 Å². The molecule has 0 aliphatic heterocycles. The minimum absolute atomic E-state index is 0.0676. The first kappa shape index (κ1) is 15.5. The number of hydrogen-bond donors (Lipinski definition) is 2. The summed E-state index contributed by atoms with van der Waals surface area (Å²) in [6.07, 6.45) is 1.77. The van der Waals surface area contributed by atoms with Crippen LogP contribution in [0.25, 0.3) is 0 Å². The molecule has 0 atom stereocenters. The minimum Gasteiger partial charge on any atom is -0.313 e. The third-order valence-electron chi connectivity index (χ3n) is 2.35. The van der Waals surface area contributed by atoms with Crippen molar-refractivity contribution in [2.45, 2.75) is 13.0 Å². The highest BCUT2D eigenvalue weighted by Crippen LogP contribution is 2.12. The van der Waals surface area contributed by atoms with Crippen LogP contribution in [0.3, 0.4) is 0 Å². The van der Waals surface area contributed by atoms with E-state index in [1.54, 1.807) is 12.1 Å². The summed E-state index contributed by atoms with van der Waals surface area (Å²) in [5.41, 5.74) is 0.892. The molecule has 0 aromatic heterocycles. The molecule has 106 valence electrons. The quantitative estimate of drug-likeness (QED) is 0.415. The van der Waals surface area contributed by atoms with Gasteiger partial charge < -0.3 is 5.32 Å². The third kappa shape index (κ3) is 6.85. The summed E-state index contributed by atoms with van der Waals surface area (Å²) in [5.74, 6) is 0. The van der Waals surface area contributed by atoms with Crippen LogP contribution in [-0.2, 0) is 16.6 Å². The van der Waals surface area contributed by atoms with Crippen molar-refractivity contribution in [3.05, 3.63) is 39.9 Å². The molecule has 0 aliphatic carbocycles. The molecule has 0 radical (unpaired) electrons. The predicted octanol–water partition coefficient (Wildman–Crippen LogP) is 0.624. The Hall–Kier alpha value is -1.51. The van der Waals surface area contributed by atoms with Crippen LogP contribution < -0.4 is 10.0 Å². The highest BCUT2D eigenvalue weighted by Gasteiger charge is 2.05. The van der Waals surface area contributed by atoms with Crippen LogP contribution in [0.5, 0.6) is 0 Å². The van der Waals surface area contributed by atoms with Crippen molar-refractivity contribution >= 4 is 15.7 Å². The zero-order valence-corrected chi connectivity index (χ0v) is 11.4. The molecule has 0 amide bonds. The summed E-state index contributed by atoms with van der Waals surface area (Å²) < 4.78 is 24.0. The molecule has 0 unspecified atom stereocenters. The monoisotopic (exact) mass is 287 g/mol. The largest absolute Gasteiger partial charge is 0.313 e. The van der Waals surface area contributed by atoms with Crippen molar-refractivity contribution in [2.24, 2.45) is 0 Å². The first-order chi connectivity index (χ1) is 8.88. The van der Waals surface area contributed by atoms with Crippen molar-refractivity contribution in [3.8, 4) is 0 Å². The third-order valence-corrected chi connectivity index (χ3v) is 3.07. The molecule has 0 bridgehead atoms. The van der Waals surface area contributed by atoms with Crippen molar-refractivity contribution in [3.63, 3.8) is 0 Å². The van der Waals surface area contributed by atoms with Gasteiger partial charge in [0, 0.05) is 25.2 Å². The molecule has 0 spiro atoms. The van der Waals surface area contributed by atoms with Gasteiger partial charge in [0.15, 0.2) is 0 Å². The van der Waals surface area contributed by atoms with Crippen LogP contribution in [0, 0.1) is 10.1 Å². The summed E-state index contributed by atoms with van der Waals surface area (Å²) in [6, 6.07) is 6.40. The van der Waals surface area contributed by atoms with E-state index in [4.69, 9.17) is 0 Å². The van der Waals surface area contributed by atoms with E-state index in [9.17, 15) is 18.5 Å². The van der Waals surface area contributed by atoms with Crippen molar-refractivity contribution in [1.29, 1.82) is 0 Å². The van der Waals surface area contributed by atoms with Gasteiger partial charge in [0.25, 0.3) is 5.69 Å². The van der Waals surface area contributed by atoms with Crippen LogP contribution in [0.4, 0.5) is 5.69 Å². The average molecular weight is 287 g/mol. The Bertz CT molecular complexity index is 530. The fourth-order valence-corrected chi connectivity index (χ4v) is 2.00. The minimum atomic E-state index is -3.13. The lowest BCUT2D eigenvalue weighted by Crippen LogP contribution is -2.26. The zero-order valence-electron chi connectivity index (χ0n) is 10.6. The smallest absolute Gasteiger partial charge is 0.269 e. The molecule has 0 heterocycles. The SMILES string of the molecule is CS(=O)(=O)NCCCNCc1cccc([N+](=O)[O-])c1. The van der Waals surface area contributed by atoms with Crippen molar-refractivity contribution < 1.29 is 13.3 Å². The molecule has 1 aromatic carbocycles. The maximum absolute atomic E-state index is 10.8. The Morgan fingerprint density at radius 2 is 2.05 bits per heavy atom. The Labute approximate surface area is 112 Å². The molecular formula is C11H17N3O4S. The van der Waals surface area contributed by atoms with Gasteiger partial charge >= 0.3 is 0 Å². The summed E-state index contributed by atoms with van der Waals surface area (Å²) in [6.45, 7) is 1.52. The van der Waals surface area contributed by atoms with E-state index in [0.717, 1.165) is 11.8 Å². The maximum Gasteiger partial charge on any atom is 0.269 e. The standard InChI is InChI=1S/C11H17N3O4S/c1-19(17,18)13-7-3-6-12-9-10-4-2-5-11(8-10)14(15)16/h2,4-5,8,12-13H,3,6-7,9H2,1H3. The van der Waals surface area contributed by atoms with Crippen molar-refractivity contribution in [2.75, 3.05) is 19.3 Å². The van der Waals surface area contributed by atoms with E-state index >= 15 is 0 Å².